The first-order valence-corrected chi connectivity index (χ1v) is 13.5. The van der Waals surface area contributed by atoms with Gasteiger partial charge in [0.25, 0.3) is 15.9 Å². The molecule has 2 aromatic rings. The molecule has 174 valence electrons. The number of aryl methyl sites for hydroxylation is 1. The van der Waals surface area contributed by atoms with Crippen LogP contribution in [0, 0.1) is 0 Å². The van der Waals surface area contributed by atoms with E-state index in [0.29, 0.717) is 38.3 Å². The van der Waals surface area contributed by atoms with Crippen molar-refractivity contribution in [2.45, 2.75) is 41.1 Å². The van der Waals surface area contributed by atoms with Crippen LogP contribution >= 0.6 is 11.8 Å². The molecule has 1 aliphatic carbocycles. The average molecular weight is 479 g/mol. The molecular weight excluding hydrogens is 448 g/mol. The summed E-state index contributed by atoms with van der Waals surface area (Å²) in [4.78, 5) is 16.2. The summed E-state index contributed by atoms with van der Waals surface area (Å²) >= 11 is 1.57. The average Bonchev–Trinajstić information content (AvgIpc) is 3.48. The highest BCUT2D eigenvalue weighted by Crippen LogP contribution is 2.36. The normalized spacial score (nSPS) is 19.8. The number of nitrogens with one attached hydrogen (secondary N) is 1. The minimum absolute atomic E-state index is 0.0104. The molecule has 0 atom stereocenters. The third kappa shape index (κ3) is 4.57. The summed E-state index contributed by atoms with van der Waals surface area (Å²) < 4.78 is 28.6. The van der Waals surface area contributed by atoms with E-state index in [-0.39, 0.29) is 16.5 Å². The Kier molecular flexibility index (Phi) is 6.89. The smallest absolute Gasteiger partial charge is 0.264 e. The molecule has 1 aliphatic heterocycles. The van der Waals surface area contributed by atoms with Gasteiger partial charge in [-0.25, -0.2) is 8.42 Å². The van der Waals surface area contributed by atoms with E-state index in [0.717, 1.165) is 30.6 Å². The molecule has 4 rings (SSSR count). The fourth-order valence-electron chi connectivity index (χ4n) is 4.79. The third-order valence-corrected chi connectivity index (χ3v) is 9.12. The highest BCUT2D eigenvalue weighted by molar-refractivity contribution is 7.98. The van der Waals surface area contributed by atoms with Gasteiger partial charge in [0.05, 0.1) is 11.8 Å². The molecule has 1 N–H and O–H groups in total. The number of hydrogen-bond acceptors (Lipinski definition) is 7. The Labute approximate surface area is 193 Å². The molecule has 1 saturated carbocycles. The Balaban J connectivity index is 1.42. The van der Waals surface area contributed by atoms with E-state index in [2.05, 4.69) is 20.5 Å². The summed E-state index contributed by atoms with van der Waals surface area (Å²) in [7, 11) is -1.98. The van der Waals surface area contributed by atoms with Crippen molar-refractivity contribution in [1.29, 1.82) is 0 Å². The number of rotatable bonds is 7. The molecule has 1 aromatic heterocycles. The van der Waals surface area contributed by atoms with Gasteiger partial charge in [0.1, 0.15) is 0 Å². The number of sulfonamides is 1. The Hall–Kier alpha value is -1.95. The molecule has 1 aromatic carbocycles. The Morgan fingerprint density at radius 1 is 1.16 bits per heavy atom. The van der Waals surface area contributed by atoms with E-state index < -0.39 is 10.0 Å². The third-order valence-electron chi connectivity index (χ3n) is 6.56. The largest absolute Gasteiger partial charge is 0.350 e. The van der Waals surface area contributed by atoms with E-state index in [1.165, 1.54) is 15.2 Å². The zero-order valence-electron chi connectivity index (χ0n) is 18.5. The van der Waals surface area contributed by atoms with Crippen LogP contribution in [0.3, 0.4) is 0 Å². The van der Waals surface area contributed by atoms with E-state index in [1.807, 2.05) is 30.5 Å². The Morgan fingerprint density at radius 3 is 2.47 bits per heavy atom. The van der Waals surface area contributed by atoms with Gasteiger partial charge in [0.2, 0.25) is 5.03 Å². The van der Waals surface area contributed by atoms with Crippen molar-refractivity contribution in [3.8, 4) is 0 Å². The minimum Gasteiger partial charge on any atom is -0.350 e. The van der Waals surface area contributed by atoms with E-state index in [4.69, 9.17) is 0 Å². The topological polar surface area (TPSA) is 100 Å². The maximum Gasteiger partial charge on any atom is 0.264 e. The number of aromatic nitrogens is 3. The van der Waals surface area contributed by atoms with Crippen LogP contribution in [-0.4, -0.2) is 83.0 Å². The molecule has 2 heterocycles. The van der Waals surface area contributed by atoms with Gasteiger partial charge in [-0.05, 0) is 31.2 Å². The lowest BCUT2D eigenvalue weighted by Gasteiger charge is -2.45. The molecule has 32 heavy (non-hydrogen) atoms. The SMILES string of the molecule is CSc1ccccc1C(=O)NCC1(N2CCN(S(=O)(=O)c3cn(C)nn3)CC2)CCCC1. The van der Waals surface area contributed by atoms with Crippen LogP contribution in [-0.2, 0) is 17.1 Å². The highest BCUT2D eigenvalue weighted by Gasteiger charge is 2.42. The molecule has 11 heteroatoms. The minimum atomic E-state index is -3.64. The monoisotopic (exact) mass is 478 g/mol. The zero-order valence-corrected chi connectivity index (χ0v) is 20.2. The maximum atomic E-state index is 12.9. The summed E-state index contributed by atoms with van der Waals surface area (Å²) in [6.45, 7) is 2.66. The molecule has 2 aliphatic rings. The number of carbonyl (C=O) groups is 1. The first-order valence-electron chi connectivity index (χ1n) is 10.9. The molecule has 1 saturated heterocycles. The fourth-order valence-corrected chi connectivity index (χ4v) is 6.72. The number of piperazine rings is 1. The van der Waals surface area contributed by atoms with Crippen LogP contribution in [0.5, 0.6) is 0 Å². The fraction of sp³-hybridized carbons (Fsp3) is 0.571. The van der Waals surface area contributed by atoms with Gasteiger partial charge >= 0.3 is 0 Å². The lowest BCUT2D eigenvalue weighted by Crippen LogP contribution is -2.60. The lowest BCUT2D eigenvalue weighted by atomic mass is 9.93. The van der Waals surface area contributed by atoms with Crippen molar-refractivity contribution >= 4 is 27.7 Å². The van der Waals surface area contributed by atoms with E-state index in [1.54, 1.807) is 18.8 Å². The molecule has 1 amide bonds. The summed E-state index contributed by atoms with van der Waals surface area (Å²) in [5.74, 6) is -0.0508. The zero-order chi connectivity index (χ0) is 22.8. The van der Waals surface area contributed by atoms with Gasteiger partial charge in [-0.2, -0.15) is 4.31 Å². The number of amides is 1. The molecule has 0 spiro atoms. The molecule has 0 unspecified atom stereocenters. The summed E-state index contributed by atoms with van der Waals surface area (Å²) in [6, 6.07) is 7.65. The van der Waals surface area contributed by atoms with Crippen molar-refractivity contribution < 1.29 is 13.2 Å². The van der Waals surface area contributed by atoms with Crippen LogP contribution in [0.15, 0.2) is 40.4 Å². The number of thioether (sulfide) groups is 1. The summed E-state index contributed by atoms with van der Waals surface area (Å²) in [6.07, 6.45) is 7.66. The van der Waals surface area contributed by atoms with Crippen molar-refractivity contribution in [3.05, 3.63) is 36.0 Å². The van der Waals surface area contributed by atoms with Crippen LogP contribution in [0.25, 0.3) is 0 Å². The lowest BCUT2D eigenvalue weighted by molar-refractivity contribution is 0.0539. The Bertz CT molecular complexity index is 1060. The van der Waals surface area contributed by atoms with Crippen LogP contribution in [0.1, 0.15) is 36.0 Å². The van der Waals surface area contributed by atoms with Crippen molar-refractivity contribution in [2.24, 2.45) is 7.05 Å². The van der Waals surface area contributed by atoms with E-state index >= 15 is 0 Å². The highest BCUT2D eigenvalue weighted by atomic mass is 32.2. The van der Waals surface area contributed by atoms with Crippen molar-refractivity contribution in [3.63, 3.8) is 0 Å². The first-order chi connectivity index (χ1) is 15.4. The van der Waals surface area contributed by atoms with Crippen molar-refractivity contribution in [1.82, 2.24) is 29.5 Å². The first kappa shape index (κ1) is 23.2. The van der Waals surface area contributed by atoms with Crippen molar-refractivity contribution in [2.75, 3.05) is 39.0 Å². The van der Waals surface area contributed by atoms with Crippen LogP contribution < -0.4 is 5.32 Å². The van der Waals surface area contributed by atoms with Crippen LogP contribution in [0.4, 0.5) is 0 Å². The Morgan fingerprint density at radius 2 is 1.84 bits per heavy atom. The summed E-state index contributed by atoms with van der Waals surface area (Å²) in [5.41, 5.74) is 0.583. The van der Waals surface area contributed by atoms with Gasteiger partial charge in [-0.1, -0.05) is 30.2 Å². The second kappa shape index (κ2) is 9.50. The molecule has 0 bridgehead atoms. The number of carbonyl (C=O) groups excluding carboxylic acids is 1. The number of benzene rings is 1. The standard InChI is InChI=1S/C21H30N6O3S2/c1-25-15-19(23-24-25)32(29,30)27-13-11-26(12-14-27)21(9-5-6-10-21)16-22-20(28)17-7-3-4-8-18(17)31-2/h3-4,7-8,15H,5-6,9-14,16H2,1-2H3,(H,22,28). The molecule has 0 radical (unpaired) electrons. The van der Waals surface area contributed by atoms with E-state index in [9.17, 15) is 13.2 Å². The molecule has 9 nitrogen and oxygen atoms in total. The predicted octanol–water partition coefficient (Wildman–Crippen LogP) is 1.59. The van der Waals surface area contributed by atoms with Crippen LogP contribution in [0.2, 0.25) is 0 Å². The predicted molar refractivity (Wildman–Crippen MR) is 123 cm³/mol. The maximum absolute atomic E-state index is 12.9. The molecule has 2 fully saturated rings. The quantitative estimate of drug-likeness (QED) is 0.603. The van der Waals surface area contributed by atoms with Gasteiger partial charge in [0, 0.05) is 50.2 Å². The summed E-state index contributed by atoms with van der Waals surface area (Å²) in [5, 5.41) is 10.7. The van der Waals surface area contributed by atoms with Gasteiger partial charge in [-0.3, -0.25) is 14.4 Å². The van der Waals surface area contributed by atoms with Gasteiger partial charge < -0.3 is 5.32 Å². The number of nitrogens with zero attached hydrogens (tertiary/aromatic N) is 5. The second-order valence-electron chi connectivity index (χ2n) is 8.44. The number of hydrogen-bond donors (Lipinski definition) is 1. The van der Waals surface area contributed by atoms with Gasteiger partial charge in [0.15, 0.2) is 0 Å². The van der Waals surface area contributed by atoms with Gasteiger partial charge in [-0.15, -0.1) is 16.9 Å². The molecular formula is C21H30N6O3S2. The second-order valence-corrected chi connectivity index (χ2v) is 11.2.